The number of benzene rings is 2. The van der Waals surface area contributed by atoms with Gasteiger partial charge in [0.15, 0.2) is 0 Å². The maximum Gasteiger partial charge on any atom is 0.261 e. The molecule has 0 radical (unpaired) electrons. The SMILES string of the molecule is C=CC.CN1N=C2CCC(C(=O)N(COCCS(C)(C)C)c3cccc(Cl)c3)CN2CC1=O.Clc1ccccc1. The lowest BCUT2D eigenvalue weighted by atomic mass is 9.95. The number of hydrogen-bond donors (Lipinski definition) is 0. The lowest BCUT2D eigenvalue weighted by Gasteiger charge is -2.39. The minimum atomic E-state index is -0.663. The van der Waals surface area contributed by atoms with Crippen molar-refractivity contribution in [2.24, 2.45) is 11.0 Å². The Morgan fingerprint density at radius 1 is 1.15 bits per heavy atom. The van der Waals surface area contributed by atoms with Gasteiger partial charge in [-0.2, -0.15) is 5.10 Å². The number of piperidine rings is 1. The van der Waals surface area contributed by atoms with E-state index in [1.165, 1.54) is 5.01 Å². The first kappa shape index (κ1) is 33.7. The molecule has 2 heterocycles. The maximum atomic E-state index is 13.5. The van der Waals surface area contributed by atoms with Gasteiger partial charge in [0.2, 0.25) is 5.91 Å². The molecule has 40 heavy (non-hydrogen) atoms. The number of allylic oxidation sites excluding steroid dienone is 1. The summed E-state index contributed by atoms with van der Waals surface area (Å²) in [6, 6.07) is 16.7. The van der Waals surface area contributed by atoms with Crippen LogP contribution in [0.5, 0.6) is 0 Å². The molecule has 0 aromatic heterocycles. The number of hydrazone groups is 1. The highest BCUT2D eigenvalue weighted by Gasteiger charge is 2.36. The molecule has 1 fully saturated rings. The molecule has 1 unspecified atom stereocenters. The first-order valence-corrected chi connectivity index (χ1v) is 16.9. The van der Waals surface area contributed by atoms with E-state index < -0.39 is 10.0 Å². The van der Waals surface area contributed by atoms with E-state index in [4.69, 9.17) is 27.9 Å². The number of carbonyl (C=O) groups excluding carboxylic acids is 2. The van der Waals surface area contributed by atoms with Crippen LogP contribution in [-0.2, 0) is 14.3 Å². The van der Waals surface area contributed by atoms with Gasteiger partial charge in [-0.1, -0.05) is 53.5 Å². The summed E-state index contributed by atoms with van der Waals surface area (Å²) in [7, 11) is 1.01. The average Bonchev–Trinajstić information content (AvgIpc) is 2.89. The van der Waals surface area contributed by atoms with E-state index in [2.05, 4.69) is 30.4 Å². The lowest BCUT2D eigenvalue weighted by Crippen LogP contribution is -2.53. The largest absolute Gasteiger partial charge is 0.360 e. The van der Waals surface area contributed by atoms with E-state index in [-0.39, 0.29) is 31.0 Å². The number of amides is 2. The third-order valence-electron chi connectivity index (χ3n) is 6.00. The Balaban J connectivity index is 0.000000474. The van der Waals surface area contributed by atoms with Gasteiger partial charge in [-0.15, -0.1) is 6.58 Å². The van der Waals surface area contributed by atoms with E-state index in [1.54, 1.807) is 30.2 Å². The van der Waals surface area contributed by atoms with Crippen molar-refractivity contribution in [2.75, 3.05) is 62.9 Å². The standard InChI is InChI=1S/C21H31ClN4O3S.C6H5Cl.C3H6/c1-24-20(27)14-25-13-16(8-9-19(25)23-24)21(28)26(15-29-10-11-30(2,3)4)18-7-5-6-17(22)12-18;7-6-4-2-1-3-5-6;1-3-2/h5-7,12,16H,8-11,13-15H2,1-4H3;1-5H;3H,1H2,2H3. The summed E-state index contributed by atoms with van der Waals surface area (Å²) in [5.41, 5.74) is 0.726. The first-order chi connectivity index (χ1) is 18.9. The van der Waals surface area contributed by atoms with Gasteiger partial charge < -0.3 is 9.64 Å². The van der Waals surface area contributed by atoms with Crippen molar-refractivity contribution in [3.05, 3.63) is 77.3 Å². The molecule has 2 aromatic carbocycles. The Morgan fingerprint density at radius 3 is 2.38 bits per heavy atom. The average molecular weight is 610 g/mol. The van der Waals surface area contributed by atoms with Crippen LogP contribution >= 0.6 is 33.2 Å². The number of ether oxygens (including phenoxy) is 1. The number of anilines is 1. The topological polar surface area (TPSA) is 65.5 Å². The predicted octanol–water partition coefficient (Wildman–Crippen LogP) is 6.37. The van der Waals surface area contributed by atoms with Crippen LogP contribution in [0.25, 0.3) is 0 Å². The van der Waals surface area contributed by atoms with Crippen LogP contribution in [0.4, 0.5) is 5.69 Å². The zero-order chi connectivity index (χ0) is 29.7. The molecule has 2 aromatic rings. The van der Waals surface area contributed by atoms with E-state index in [0.29, 0.717) is 31.0 Å². The zero-order valence-corrected chi connectivity index (χ0v) is 26.5. The molecule has 0 bridgehead atoms. The third kappa shape index (κ3) is 11.5. The Kier molecular flexibility index (Phi) is 14.0. The first-order valence-electron chi connectivity index (χ1n) is 13.1. The molecule has 0 aliphatic carbocycles. The molecule has 2 aliphatic rings. The summed E-state index contributed by atoms with van der Waals surface area (Å²) in [6.45, 7) is 6.80. The van der Waals surface area contributed by atoms with E-state index in [1.807, 2.05) is 54.3 Å². The minimum Gasteiger partial charge on any atom is -0.360 e. The van der Waals surface area contributed by atoms with E-state index in [0.717, 1.165) is 22.3 Å². The van der Waals surface area contributed by atoms with Gasteiger partial charge in [0.25, 0.3) is 5.91 Å². The summed E-state index contributed by atoms with van der Waals surface area (Å²) in [5, 5.41) is 7.10. The van der Waals surface area contributed by atoms with Gasteiger partial charge in [-0.3, -0.25) is 14.5 Å². The number of hydrogen-bond acceptors (Lipinski definition) is 5. The Bertz CT molecular complexity index is 1140. The second kappa shape index (κ2) is 16.7. The van der Waals surface area contributed by atoms with Crippen molar-refractivity contribution < 1.29 is 14.3 Å². The Morgan fingerprint density at radius 2 is 1.80 bits per heavy atom. The van der Waals surface area contributed by atoms with Crippen molar-refractivity contribution >= 4 is 56.6 Å². The number of carbonyl (C=O) groups is 2. The number of rotatable bonds is 7. The lowest BCUT2D eigenvalue weighted by molar-refractivity contribution is -0.133. The maximum absolute atomic E-state index is 13.5. The van der Waals surface area contributed by atoms with Crippen LogP contribution in [0.1, 0.15) is 19.8 Å². The van der Waals surface area contributed by atoms with Gasteiger partial charge in [-0.05, 0) is 62.4 Å². The fourth-order valence-corrected chi connectivity index (χ4v) is 4.85. The normalized spacial score (nSPS) is 16.8. The molecule has 2 aliphatic heterocycles. The summed E-state index contributed by atoms with van der Waals surface area (Å²) in [6.07, 6.45) is 9.85. The monoisotopic (exact) mass is 608 g/mol. The van der Waals surface area contributed by atoms with Gasteiger partial charge in [0.05, 0.1) is 12.5 Å². The summed E-state index contributed by atoms with van der Waals surface area (Å²) in [5.74, 6) is 1.56. The Labute approximate surface area is 251 Å². The number of nitrogens with zero attached hydrogens (tertiary/aromatic N) is 4. The van der Waals surface area contributed by atoms with Crippen LogP contribution in [-0.4, -0.2) is 85.6 Å². The second-order valence-corrected chi connectivity index (χ2v) is 15.8. The molecule has 2 amide bonds. The fraction of sp³-hybridized carbons (Fsp3) is 0.433. The Hall–Kier alpha value is -2.52. The quantitative estimate of drug-likeness (QED) is 0.208. The molecule has 4 rings (SSSR count). The van der Waals surface area contributed by atoms with Gasteiger partial charge in [0, 0.05) is 41.5 Å². The van der Waals surface area contributed by atoms with Gasteiger partial charge in [-0.25, -0.2) is 15.0 Å². The zero-order valence-electron chi connectivity index (χ0n) is 24.2. The van der Waals surface area contributed by atoms with Crippen molar-refractivity contribution in [3.8, 4) is 0 Å². The van der Waals surface area contributed by atoms with Crippen LogP contribution in [0, 0.1) is 5.92 Å². The molecular formula is C30H42Cl2N4O3S. The smallest absolute Gasteiger partial charge is 0.261 e. The van der Waals surface area contributed by atoms with Gasteiger partial charge >= 0.3 is 0 Å². The van der Waals surface area contributed by atoms with Crippen molar-refractivity contribution in [1.82, 2.24) is 9.91 Å². The molecule has 0 saturated carbocycles. The highest BCUT2D eigenvalue weighted by Crippen LogP contribution is 2.33. The summed E-state index contributed by atoms with van der Waals surface area (Å²) >= 11 is 11.7. The molecule has 0 spiro atoms. The number of amidine groups is 1. The summed E-state index contributed by atoms with van der Waals surface area (Å²) < 4.78 is 5.90. The van der Waals surface area contributed by atoms with Crippen LogP contribution in [0.2, 0.25) is 10.0 Å². The van der Waals surface area contributed by atoms with Crippen molar-refractivity contribution in [2.45, 2.75) is 19.8 Å². The van der Waals surface area contributed by atoms with E-state index >= 15 is 0 Å². The fourth-order valence-electron chi connectivity index (χ4n) is 3.90. The highest BCUT2D eigenvalue weighted by atomic mass is 35.5. The summed E-state index contributed by atoms with van der Waals surface area (Å²) in [4.78, 5) is 29.1. The molecule has 220 valence electrons. The molecular weight excluding hydrogens is 567 g/mol. The van der Waals surface area contributed by atoms with Gasteiger partial charge in [0.1, 0.15) is 19.1 Å². The van der Waals surface area contributed by atoms with Crippen LogP contribution < -0.4 is 4.90 Å². The number of halogens is 2. The van der Waals surface area contributed by atoms with Crippen molar-refractivity contribution in [1.29, 1.82) is 0 Å². The highest BCUT2D eigenvalue weighted by molar-refractivity contribution is 8.32. The second-order valence-electron chi connectivity index (χ2n) is 10.3. The molecule has 10 heteroatoms. The van der Waals surface area contributed by atoms with Crippen LogP contribution in [0.3, 0.4) is 0 Å². The molecule has 1 atom stereocenters. The van der Waals surface area contributed by atoms with E-state index in [9.17, 15) is 9.59 Å². The number of fused-ring (bicyclic) bond motifs is 1. The molecule has 7 nitrogen and oxygen atoms in total. The molecule has 1 saturated heterocycles. The number of likely N-dealkylation sites (N-methyl/N-ethyl adjacent to an activating group) is 1. The van der Waals surface area contributed by atoms with Crippen molar-refractivity contribution in [3.63, 3.8) is 0 Å². The minimum absolute atomic E-state index is 0.00852. The predicted molar refractivity (Wildman–Crippen MR) is 172 cm³/mol. The van der Waals surface area contributed by atoms with Crippen LogP contribution in [0.15, 0.2) is 72.4 Å². The molecule has 0 N–H and O–H groups in total. The third-order valence-corrected chi connectivity index (χ3v) is 7.88.